The fourth-order valence-corrected chi connectivity index (χ4v) is 1.49. The Kier molecular flexibility index (Phi) is 3.33. The van der Waals surface area contributed by atoms with E-state index in [1.165, 1.54) is 23.8 Å². The summed E-state index contributed by atoms with van der Waals surface area (Å²) in [4.78, 5) is 21.7. The van der Waals surface area contributed by atoms with Crippen LogP contribution >= 0.6 is 0 Å². The topological polar surface area (TPSA) is 96.7 Å². The van der Waals surface area contributed by atoms with Crippen LogP contribution in [0.25, 0.3) is 11.1 Å². The molecule has 0 saturated carbocycles. The predicted octanol–water partition coefficient (Wildman–Crippen LogP) is 0.617. The molecule has 0 aliphatic carbocycles. The molecule has 2 aromatic heterocycles. The van der Waals surface area contributed by atoms with Gasteiger partial charge in [-0.25, -0.2) is 0 Å². The van der Waals surface area contributed by atoms with Crippen molar-refractivity contribution < 1.29 is 23.5 Å². The molecular weight excluding hydrogens is 240 g/mol. The summed E-state index contributed by atoms with van der Waals surface area (Å²) in [6, 6.07) is 2.49. The van der Waals surface area contributed by atoms with E-state index in [9.17, 15) is 9.59 Å². The normalized spacial score (nSPS) is 12.3. The van der Waals surface area contributed by atoms with E-state index in [0.29, 0.717) is 11.1 Å². The number of furan rings is 1. The molecule has 2 N–H and O–H groups in total. The predicted molar refractivity (Wildman–Crippen MR) is 60.6 cm³/mol. The molecule has 0 bridgehead atoms. The van der Waals surface area contributed by atoms with Crippen molar-refractivity contribution in [3.05, 3.63) is 18.4 Å². The first-order valence-corrected chi connectivity index (χ1v) is 5.22. The fraction of sp³-hybridized carbons (Fsp3) is 0.273. The van der Waals surface area contributed by atoms with Crippen LogP contribution in [0, 0.1) is 0 Å². The van der Waals surface area contributed by atoms with Gasteiger partial charge in [0, 0.05) is 12.1 Å². The number of hydrogen-bond donors (Lipinski definition) is 1. The van der Waals surface area contributed by atoms with Gasteiger partial charge in [0.15, 0.2) is 12.3 Å². The summed E-state index contributed by atoms with van der Waals surface area (Å²) >= 11 is 0. The highest BCUT2D eigenvalue weighted by Crippen LogP contribution is 2.26. The maximum absolute atomic E-state index is 11.3. The zero-order valence-electron chi connectivity index (χ0n) is 9.66. The highest BCUT2D eigenvalue weighted by atomic mass is 16.6. The van der Waals surface area contributed by atoms with Gasteiger partial charge in [-0.15, -0.1) is 0 Å². The lowest BCUT2D eigenvalue weighted by atomic mass is 10.4. The summed E-state index contributed by atoms with van der Waals surface area (Å²) in [7, 11) is 0. The minimum Gasteiger partial charge on any atom is -0.463 e. The van der Waals surface area contributed by atoms with E-state index in [-0.39, 0.29) is 19.1 Å². The molecule has 1 atom stereocenters. The lowest BCUT2D eigenvalue weighted by Gasteiger charge is -2.10. The van der Waals surface area contributed by atoms with Crippen LogP contribution in [-0.4, -0.2) is 23.1 Å². The van der Waals surface area contributed by atoms with Gasteiger partial charge < -0.3 is 19.6 Å². The van der Waals surface area contributed by atoms with Crippen LogP contribution in [0.4, 0.5) is 0 Å². The molecule has 2 aromatic rings. The zero-order valence-corrected chi connectivity index (χ0v) is 9.66. The average Bonchev–Trinajstić information content (AvgIpc) is 2.87. The maximum Gasteiger partial charge on any atom is 0.324 e. The second kappa shape index (κ2) is 4.92. The largest absolute Gasteiger partial charge is 0.463 e. The number of rotatable bonds is 5. The number of ether oxygens (including phenoxy) is 2. The fourth-order valence-electron chi connectivity index (χ4n) is 1.49. The lowest BCUT2D eigenvalue weighted by Crippen LogP contribution is -2.29. The molecule has 7 heteroatoms. The summed E-state index contributed by atoms with van der Waals surface area (Å²) in [5, 5.41) is 0. The Morgan fingerprint density at radius 1 is 1.67 bits per heavy atom. The Balaban J connectivity index is 2.23. The van der Waals surface area contributed by atoms with Crippen molar-refractivity contribution in [1.29, 1.82) is 0 Å². The van der Waals surface area contributed by atoms with Crippen molar-refractivity contribution in [2.45, 2.75) is 19.7 Å². The molecule has 0 spiro atoms. The number of esters is 1. The molecule has 0 saturated heterocycles. The molecule has 2 rings (SSSR count). The molecule has 0 aromatic carbocycles. The van der Waals surface area contributed by atoms with E-state index in [1.54, 1.807) is 6.07 Å². The molecule has 1 unspecified atom stereocenters. The van der Waals surface area contributed by atoms with Gasteiger partial charge >= 0.3 is 5.97 Å². The van der Waals surface area contributed by atoms with Gasteiger partial charge in [0.25, 0.3) is 6.47 Å². The van der Waals surface area contributed by atoms with Crippen LogP contribution in [-0.2, 0) is 21.1 Å². The van der Waals surface area contributed by atoms with Gasteiger partial charge in [0.05, 0.1) is 11.8 Å². The molecule has 0 aliphatic heterocycles. The quantitative estimate of drug-likeness (QED) is 0.618. The van der Waals surface area contributed by atoms with Gasteiger partial charge in [-0.1, -0.05) is 0 Å². The third-order valence-electron chi connectivity index (χ3n) is 2.36. The standard InChI is InChI=1S/C11H12N2O5/c1-7(12)11(15)17-5-13-8-2-3-16-9(8)4-10(13)18-6-14/h2-4,6-7H,5,12H2,1H3. The minimum absolute atomic E-state index is 0.105. The number of nitrogens with two attached hydrogens (primary N) is 1. The average molecular weight is 252 g/mol. The number of aromatic nitrogens is 1. The van der Waals surface area contributed by atoms with Crippen molar-refractivity contribution in [3.8, 4) is 5.88 Å². The van der Waals surface area contributed by atoms with Gasteiger partial charge in [-0.2, -0.15) is 0 Å². The summed E-state index contributed by atoms with van der Waals surface area (Å²) in [5.41, 5.74) is 6.56. The summed E-state index contributed by atoms with van der Waals surface area (Å²) < 4.78 is 16.4. The van der Waals surface area contributed by atoms with E-state index in [0.717, 1.165) is 0 Å². The van der Waals surface area contributed by atoms with Crippen LogP contribution in [0.1, 0.15) is 6.92 Å². The summed E-state index contributed by atoms with van der Waals surface area (Å²) in [6.07, 6.45) is 1.49. The van der Waals surface area contributed by atoms with E-state index in [1.807, 2.05) is 0 Å². The number of carbonyl (C=O) groups excluding carboxylic acids is 2. The molecule has 0 amide bonds. The van der Waals surface area contributed by atoms with Gasteiger partial charge in [0.1, 0.15) is 6.04 Å². The molecule has 18 heavy (non-hydrogen) atoms. The third-order valence-corrected chi connectivity index (χ3v) is 2.36. The van der Waals surface area contributed by atoms with Crippen LogP contribution in [0.15, 0.2) is 22.8 Å². The molecule has 96 valence electrons. The number of hydrogen-bond acceptors (Lipinski definition) is 6. The van der Waals surface area contributed by atoms with Gasteiger partial charge in [0.2, 0.25) is 5.88 Å². The van der Waals surface area contributed by atoms with E-state index in [4.69, 9.17) is 19.6 Å². The lowest BCUT2D eigenvalue weighted by molar-refractivity contribution is -0.148. The van der Waals surface area contributed by atoms with Crippen LogP contribution in [0.3, 0.4) is 0 Å². The van der Waals surface area contributed by atoms with Crippen LogP contribution in [0.2, 0.25) is 0 Å². The summed E-state index contributed by atoms with van der Waals surface area (Å²) in [5.74, 6) is -0.311. The van der Waals surface area contributed by atoms with Gasteiger partial charge in [-0.3, -0.25) is 14.2 Å². The molecule has 7 nitrogen and oxygen atoms in total. The van der Waals surface area contributed by atoms with E-state index >= 15 is 0 Å². The molecule has 2 heterocycles. The Hall–Kier alpha value is -2.28. The first-order valence-electron chi connectivity index (χ1n) is 5.22. The van der Waals surface area contributed by atoms with E-state index < -0.39 is 12.0 Å². The van der Waals surface area contributed by atoms with Crippen molar-refractivity contribution in [2.75, 3.05) is 0 Å². The number of fused-ring (bicyclic) bond motifs is 1. The highest BCUT2D eigenvalue weighted by molar-refractivity contribution is 5.78. The molecule has 0 aliphatic rings. The van der Waals surface area contributed by atoms with E-state index in [2.05, 4.69) is 0 Å². The Labute approximate surface area is 102 Å². The minimum atomic E-state index is -0.712. The molecule has 0 fully saturated rings. The first-order chi connectivity index (χ1) is 8.63. The Morgan fingerprint density at radius 2 is 2.44 bits per heavy atom. The van der Waals surface area contributed by atoms with Crippen molar-refractivity contribution >= 4 is 23.5 Å². The second-order valence-electron chi connectivity index (χ2n) is 3.68. The molecule has 0 radical (unpaired) electrons. The second-order valence-corrected chi connectivity index (χ2v) is 3.68. The first kappa shape index (κ1) is 12.2. The summed E-state index contributed by atoms with van der Waals surface area (Å²) in [6.45, 7) is 1.71. The Morgan fingerprint density at radius 3 is 3.11 bits per heavy atom. The Bertz CT molecular complexity index is 569. The zero-order chi connectivity index (χ0) is 13.1. The maximum atomic E-state index is 11.3. The SMILES string of the molecule is CC(N)C(=O)OCn1c(OC=O)cc2occc21. The smallest absolute Gasteiger partial charge is 0.324 e. The number of carbonyl (C=O) groups is 2. The third kappa shape index (κ3) is 2.21. The van der Waals surface area contributed by atoms with Crippen molar-refractivity contribution in [1.82, 2.24) is 4.57 Å². The number of nitrogens with zero attached hydrogens (tertiary/aromatic N) is 1. The molecular formula is C11H12N2O5. The highest BCUT2D eigenvalue weighted by Gasteiger charge is 2.15. The van der Waals surface area contributed by atoms with Crippen LogP contribution < -0.4 is 10.5 Å². The van der Waals surface area contributed by atoms with Gasteiger partial charge in [-0.05, 0) is 6.92 Å². The van der Waals surface area contributed by atoms with Crippen molar-refractivity contribution in [2.24, 2.45) is 5.73 Å². The van der Waals surface area contributed by atoms with Crippen LogP contribution in [0.5, 0.6) is 5.88 Å². The monoisotopic (exact) mass is 252 g/mol. The van der Waals surface area contributed by atoms with Crippen molar-refractivity contribution in [3.63, 3.8) is 0 Å².